The van der Waals surface area contributed by atoms with Crippen molar-refractivity contribution in [3.05, 3.63) is 60.0 Å². The molecular weight excluding hydrogens is 272 g/mol. The zero-order valence-corrected chi connectivity index (χ0v) is 11.1. The van der Waals surface area contributed by atoms with Gasteiger partial charge in [0.1, 0.15) is 5.15 Å². The van der Waals surface area contributed by atoms with E-state index in [9.17, 15) is 0 Å². The van der Waals surface area contributed by atoms with E-state index >= 15 is 0 Å². The second-order valence-electron chi connectivity index (χ2n) is 4.48. The second-order valence-corrected chi connectivity index (χ2v) is 4.87. The molecule has 0 saturated heterocycles. The first-order chi connectivity index (χ1) is 9.81. The smallest absolute Gasteiger partial charge is 0.154 e. The average Bonchev–Trinajstić information content (AvgIpc) is 2.89. The van der Waals surface area contributed by atoms with Crippen molar-refractivity contribution in [3.8, 4) is 11.3 Å². The minimum absolute atomic E-state index is 0.440. The molecule has 5 heteroatoms. The Hall–Kier alpha value is -2.46. The van der Waals surface area contributed by atoms with Crippen LogP contribution in [0.4, 0.5) is 0 Å². The van der Waals surface area contributed by atoms with Crippen LogP contribution in [-0.2, 0) is 0 Å². The van der Waals surface area contributed by atoms with Crippen molar-refractivity contribution in [2.24, 2.45) is 0 Å². The molecule has 0 saturated carbocycles. The Kier molecular flexibility index (Phi) is 2.44. The van der Waals surface area contributed by atoms with Gasteiger partial charge in [0.05, 0.1) is 17.4 Å². The summed E-state index contributed by atoms with van der Waals surface area (Å²) < 4.78 is 1.74. The van der Waals surface area contributed by atoms with E-state index in [1.54, 1.807) is 23.0 Å². The zero-order chi connectivity index (χ0) is 13.5. The van der Waals surface area contributed by atoms with Gasteiger partial charge in [-0.1, -0.05) is 29.8 Å². The molecule has 0 fully saturated rings. The lowest BCUT2D eigenvalue weighted by Crippen LogP contribution is -1.94. The maximum atomic E-state index is 5.96. The fourth-order valence-electron chi connectivity index (χ4n) is 2.27. The van der Waals surface area contributed by atoms with Crippen LogP contribution in [-0.4, -0.2) is 19.6 Å². The Morgan fingerprint density at radius 3 is 2.90 bits per heavy atom. The van der Waals surface area contributed by atoms with Gasteiger partial charge in [-0.05, 0) is 24.3 Å². The van der Waals surface area contributed by atoms with E-state index in [0.717, 1.165) is 27.8 Å². The fourth-order valence-corrected chi connectivity index (χ4v) is 2.41. The first-order valence-electron chi connectivity index (χ1n) is 6.17. The molecule has 0 amide bonds. The molecule has 0 aliphatic carbocycles. The molecule has 0 unspecified atom stereocenters. The molecule has 0 spiro atoms. The van der Waals surface area contributed by atoms with Crippen molar-refractivity contribution in [2.75, 3.05) is 0 Å². The molecule has 4 aromatic rings. The molecule has 1 aromatic carbocycles. The average molecular weight is 281 g/mol. The van der Waals surface area contributed by atoms with Gasteiger partial charge in [0.2, 0.25) is 0 Å². The van der Waals surface area contributed by atoms with Gasteiger partial charge >= 0.3 is 0 Å². The van der Waals surface area contributed by atoms with E-state index < -0.39 is 0 Å². The van der Waals surface area contributed by atoms with Crippen LogP contribution in [0.1, 0.15) is 0 Å². The molecule has 0 radical (unpaired) electrons. The highest BCUT2D eigenvalue weighted by Gasteiger charge is 2.08. The number of hydrogen-bond acceptors (Lipinski definition) is 3. The predicted molar refractivity (Wildman–Crippen MR) is 78.7 cm³/mol. The summed E-state index contributed by atoms with van der Waals surface area (Å²) in [4.78, 5) is 8.71. The maximum Gasteiger partial charge on any atom is 0.154 e. The highest BCUT2D eigenvalue weighted by molar-refractivity contribution is 6.29. The van der Waals surface area contributed by atoms with Gasteiger partial charge in [-0.2, -0.15) is 5.10 Å². The standard InChI is InChI=1S/C15H9ClN4/c16-14-5-6-15-18-9-13(20(15)19-14)11-4-3-10-2-1-7-17-12(10)8-11/h1-9H. The van der Waals surface area contributed by atoms with Gasteiger partial charge in [-0.15, -0.1) is 0 Å². The SMILES string of the molecule is Clc1ccc2ncc(-c3ccc4cccnc4c3)n2n1. The molecule has 96 valence electrons. The number of hydrogen-bond donors (Lipinski definition) is 0. The Labute approximate surface area is 119 Å². The van der Waals surface area contributed by atoms with Gasteiger partial charge < -0.3 is 0 Å². The number of imidazole rings is 1. The molecule has 4 nitrogen and oxygen atoms in total. The highest BCUT2D eigenvalue weighted by Crippen LogP contribution is 2.24. The summed E-state index contributed by atoms with van der Waals surface area (Å²) in [5, 5.41) is 5.84. The summed E-state index contributed by atoms with van der Waals surface area (Å²) in [5.74, 6) is 0. The van der Waals surface area contributed by atoms with Gasteiger partial charge in [-0.3, -0.25) is 4.98 Å². The summed E-state index contributed by atoms with van der Waals surface area (Å²) in [6.07, 6.45) is 3.58. The minimum Gasteiger partial charge on any atom is -0.256 e. The van der Waals surface area contributed by atoms with E-state index in [-0.39, 0.29) is 0 Å². The summed E-state index contributed by atoms with van der Waals surface area (Å²) in [6, 6.07) is 13.7. The van der Waals surface area contributed by atoms with Gasteiger partial charge in [0.15, 0.2) is 5.65 Å². The van der Waals surface area contributed by atoms with E-state index in [1.165, 1.54) is 0 Å². The summed E-state index contributed by atoms with van der Waals surface area (Å²) in [5.41, 5.74) is 3.63. The third-order valence-corrected chi connectivity index (χ3v) is 3.43. The summed E-state index contributed by atoms with van der Waals surface area (Å²) >= 11 is 5.96. The monoisotopic (exact) mass is 280 g/mol. The molecule has 3 heterocycles. The third-order valence-electron chi connectivity index (χ3n) is 3.23. The maximum absolute atomic E-state index is 5.96. The van der Waals surface area contributed by atoms with Crippen molar-refractivity contribution >= 4 is 28.2 Å². The number of rotatable bonds is 1. The second kappa shape index (κ2) is 4.28. The number of pyridine rings is 1. The molecule has 0 atom stereocenters. The number of benzene rings is 1. The Balaban J connectivity index is 1.98. The first kappa shape index (κ1) is 11.4. The molecule has 0 aliphatic rings. The quantitative estimate of drug-likeness (QED) is 0.535. The molecule has 4 rings (SSSR count). The van der Waals surface area contributed by atoms with Crippen molar-refractivity contribution in [2.45, 2.75) is 0 Å². The number of fused-ring (bicyclic) bond motifs is 2. The Bertz CT molecular complexity index is 929. The van der Waals surface area contributed by atoms with Crippen LogP contribution >= 0.6 is 11.6 Å². The summed E-state index contributed by atoms with van der Waals surface area (Å²) in [6.45, 7) is 0. The predicted octanol–water partition coefficient (Wildman–Crippen LogP) is 3.60. The largest absolute Gasteiger partial charge is 0.256 e. The summed E-state index contributed by atoms with van der Waals surface area (Å²) in [7, 11) is 0. The Morgan fingerprint density at radius 2 is 1.95 bits per heavy atom. The van der Waals surface area contributed by atoms with Gasteiger partial charge in [0, 0.05) is 17.1 Å². The van der Waals surface area contributed by atoms with E-state index in [4.69, 9.17) is 11.6 Å². The zero-order valence-electron chi connectivity index (χ0n) is 10.4. The topological polar surface area (TPSA) is 43.1 Å². The van der Waals surface area contributed by atoms with Crippen LogP contribution in [0.5, 0.6) is 0 Å². The van der Waals surface area contributed by atoms with Crippen molar-refractivity contribution in [3.63, 3.8) is 0 Å². The van der Waals surface area contributed by atoms with Crippen LogP contribution in [0.25, 0.3) is 27.8 Å². The van der Waals surface area contributed by atoms with E-state index in [0.29, 0.717) is 5.15 Å². The van der Waals surface area contributed by atoms with Crippen LogP contribution in [0.3, 0.4) is 0 Å². The lowest BCUT2D eigenvalue weighted by Gasteiger charge is -2.03. The Morgan fingerprint density at radius 1 is 1.00 bits per heavy atom. The van der Waals surface area contributed by atoms with E-state index in [2.05, 4.69) is 15.1 Å². The van der Waals surface area contributed by atoms with Gasteiger partial charge in [0.25, 0.3) is 0 Å². The fraction of sp³-hybridized carbons (Fsp3) is 0. The first-order valence-corrected chi connectivity index (χ1v) is 6.54. The van der Waals surface area contributed by atoms with E-state index in [1.807, 2.05) is 36.4 Å². The molecule has 0 bridgehead atoms. The third kappa shape index (κ3) is 1.73. The van der Waals surface area contributed by atoms with Crippen molar-refractivity contribution in [1.29, 1.82) is 0 Å². The lowest BCUT2D eigenvalue weighted by molar-refractivity contribution is 0.943. The molecular formula is C15H9ClN4. The number of halogens is 1. The highest BCUT2D eigenvalue weighted by atomic mass is 35.5. The van der Waals surface area contributed by atoms with Crippen LogP contribution in [0, 0.1) is 0 Å². The molecule has 3 aromatic heterocycles. The van der Waals surface area contributed by atoms with Gasteiger partial charge in [-0.25, -0.2) is 9.50 Å². The number of nitrogens with zero attached hydrogens (tertiary/aromatic N) is 4. The minimum atomic E-state index is 0.440. The van der Waals surface area contributed by atoms with Crippen molar-refractivity contribution in [1.82, 2.24) is 19.6 Å². The van der Waals surface area contributed by atoms with Crippen molar-refractivity contribution < 1.29 is 0 Å². The van der Waals surface area contributed by atoms with Crippen LogP contribution in [0.2, 0.25) is 5.15 Å². The van der Waals surface area contributed by atoms with Crippen LogP contribution < -0.4 is 0 Å². The molecule has 0 N–H and O–H groups in total. The molecule has 20 heavy (non-hydrogen) atoms. The van der Waals surface area contributed by atoms with Crippen LogP contribution in [0.15, 0.2) is 54.9 Å². The molecule has 0 aliphatic heterocycles. The number of aromatic nitrogens is 4. The lowest BCUT2D eigenvalue weighted by atomic mass is 10.1. The normalized spacial score (nSPS) is 11.2.